The molecule has 0 spiro atoms. The van der Waals surface area contributed by atoms with Gasteiger partial charge in [0.05, 0.1) is 0 Å². The normalized spacial score (nSPS) is 15.7. The van der Waals surface area contributed by atoms with Gasteiger partial charge in [0.25, 0.3) is 0 Å². The van der Waals surface area contributed by atoms with Gasteiger partial charge in [-0.15, -0.1) is 0 Å². The molecule has 0 N–H and O–H groups in total. The van der Waals surface area contributed by atoms with Gasteiger partial charge >= 0.3 is 15.5 Å². The minimum absolute atomic E-state index is 0.263. The zero-order chi connectivity index (χ0) is 18.3. The van der Waals surface area contributed by atoms with E-state index < -0.39 is 29.7 Å². The van der Waals surface area contributed by atoms with Crippen molar-refractivity contribution in [3.8, 4) is 0 Å². The Morgan fingerprint density at radius 1 is 1.26 bits per heavy atom. The molecule has 138 valence electrons. The summed E-state index contributed by atoms with van der Waals surface area (Å²) in [5.74, 6) is -1.26. The number of nitrogens with zero attached hydrogens (tertiary/aromatic N) is 1. The van der Waals surface area contributed by atoms with Crippen LogP contribution in [-0.2, 0) is 14.4 Å². The van der Waals surface area contributed by atoms with Crippen molar-refractivity contribution in [3.05, 3.63) is 0 Å². The third kappa shape index (κ3) is 7.66. The second-order valence-electron chi connectivity index (χ2n) is 5.94. The Morgan fingerprint density at radius 3 is 2.22 bits per heavy atom. The molecule has 0 aromatic rings. The molecule has 0 bridgehead atoms. The first-order valence-electron chi connectivity index (χ1n) is 7.49. The van der Waals surface area contributed by atoms with Gasteiger partial charge in [-0.25, -0.2) is 0 Å². The van der Waals surface area contributed by atoms with Crippen molar-refractivity contribution in [3.63, 3.8) is 0 Å². The quantitative estimate of drug-likeness (QED) is 0.333. The van der Waals surface area contributed by atoms with Crippen LogP contribution in [-0.4, -0.2) is 35.3 Å². The predicted octanol–water partition coefficient (Wildman–Crippen LogP) is 3.18. The highest BCUT2D eigenvalue weighted by Gasteiger charge is 2.45. The van der Waals surface area contributed by atoms with Crippen LogP contribution in [0, 0.1) is 0 Å². The molecule has 1 unspecified atom stereocenters. The molecule has 0 aromatic heterocycles. The lowest BCUT2D eigenvalue weighted by Gasteiger charge is -2.31. The van der Waals surface area contributed by atoms with Gasteiger partial charge in [-0.1, -0.05) is 32.6 Å². The molecule has 0 aromatic carbocycles. The third-order valence-corrected chi connectivity index (χ3v) is 8.50. The summed E-state index contributed by atoms with van der Waals surface area (Å²) in [4.78, 5) is 0. The summed E-state index contributed by atoms with van der Waals surface area (Å²) in [5.41, 5.74) is -5.27. The van der Waals surface area contributed by atoms with Crippen LogP contribution in [0.3, 0.4) is 0 Å². The largest absolute Gasteiger partial charge is 0.861 e. The Bertz CT molecular complexity index is 492. The predicted molar refractivity (Wildman–Crippen MR) is 84.0 cm³/mol. The molecule has 0 aliphatic heterocycles. The monoisotopic (exact) mass is 376 g/mol. The van der Waals surface area contributed by atoms with Crippen LogP contribution in [0.25, 0.3) is 0 Å². The molecule has 10 heteroatoms. The number of rotatable bonds is 10. The van der Waals surface area contributed by atoms with Crippen LogP contribution in [0.4, 0.5) is 13.2 Å². The van der Waals surface area contributed by atoms with Crippen molar-refractivity contribution in [2.75, 3.05) is 7.11 Å². The lowest BCUT2D eigenvalue weighted by molar-refractivity contribution is -0.218. The second kappa shape index (κ2) is 9.02. The van der Waals surface area contributed by atoms with Crippen molar-refractivity contribution in [1.82, 2.24) is 0 Å². The molecular weight excluding hydrogens is 351 g/mol. The first-order valence-corrected chi connectivity index (χ1v) is 11.9. The maximum absolute atomic E-state index is 12.1. The Kier molecular flexibility index (Phi) is 8.78. The summed E-state index contributed by atoms with van der Waals surface area (Å²) < 4.78 is 65.9. The van der Waals surface area contributed by atoms with E-state index in [4.69, 9.17) is 4.43 Å². The fourth-order valence-corrected chi connectivity index (χ4v) is 4.78. The average Bonchev–Trinajstić information content (AvgIpc) is 2.40. The maximum Gasteiger partial charge on any atom is 0.518 e. The number of hydrogen-bond acceptors (Lipinski definition) is 4. The van der Waals surface area contributed by atoms with Gasteiger partial charge in [0.15, 0.2) is 8.32 Å². The van der Waals surface area contributed by atoms with Crippen LogP contribution in [0.15, 0.2) is 4.40 Å². The van der Waals surface area contributed by atoms with Crippen molar-refractivity contribution in [1.29, 1.82) is 0 Å². The highest BCUT2D eigenvalue weighted by molar-refractivity contribution is 7.91. The smallest absolute Gasteiger partial charge is 0.518 e. The molecule has 0 heterocycles. The molecule has 0 aliphatic carbocycles. The first kappa shape index (κ1) is 22.4. The summed E-state index contributed by atoms with van der Waals surface area (Å²) in [6, 6.07) is 0. The van der Waals surface area contributed by atoms with E-state index in [2.05, 4.69) is 11.3 Å². The fourth-order valence-electron chi connectivity index (χ4n) is 2.19. The van der Waals surface area contributed by atoms with Crippen molar-refractivity contribution >= 4 is 24.2 Å². The molecule has 1 atom stereocenters. The number of halogens is 3. The maximum atomic E-state index is 12.1. The van der Waals surface area contributed by atoms with E-state index >= 15 is 0 Å². The summed E-state index contributed by atoms with van der Waals surface area (Å²) in [6.07, 6.45) is 3.54. The molecule has 0 fully saturated rings. The SMILES string of the molecule is CCCCC(CCC/C([O-])=N/S(=O)(=O)C(F)(F)F)[Si](C)(C)OC. The zero-order valence-electron chi connectivity index (χ0n) is 13.9. The zero-order valence-corrected chi connectivity index (χ0v) is 15.8. The Balaban J connectivity index is 4.71. The molecule has 0 radical (unpaired) electrons. The topological polar surface area (TPSA) is 78.8 Å². The van der Waals surface area contributed by atoms with E-state index in [0.717, 1.165) is 19.3 Å². The summed E-state index contributed by atoms with van der Waals surface area (Å²) in [6.45, 7) is 6.16. The average molecular weight is 376 g/mol. The van der Waals surface area contributed by atoms with E-state index in [1.165, 1.54) is 0 Å². The van der Waals surface area contributed by atoms with E-state index in [9.17, 15) is 26.7 Å². The van der Waals surface area contributed by atoms with Gasteiger partial charge in [0, 0.05) is 7.11 Å². The molecule has 0 aliphatic rings. The highest BCUT2D eigenvalue weighted by atomic mass is 32.2. The molecule has 0 saturated heterocycles. The van der Waals surface area contributed by atoms with Gasteiger partial charge in [-0.2, -0.15) is 26.0 Å². The van der Waals surface area contributed by atoms with Crippen LogP contribution in [0.2, 0.25) is 18.6 Å². The van der Waals surface area contributed by atoms with Crippen LogP contribution in [0.5, 0.6) is 0 Å². The minimum Gasteiger partial charge on any atom is -0.861 e. The van der Waals surface area contributed by atoms with Gasteiger partial charge in [0.2, 0.25) is 0 Å². The highest BCUT2D eigenvalue weighted by Crippen LogP contribution is 2.33. The van der Waals surface area contributed by atoms with Gasteiger partial charge in [0.1, 0.15) is 0 Å². The number of sulfonamides is 1. The molecule has 0 amide bonds. The molecule has 0 rings (SSSR count). The number of unbranched alkanes of at least 4 members (excludes halogenated alkanes) is 1. The second-order valence-corrected chi connectivity index (χ2v) is 12.0. The summed E-state index contributed by atoms with van der Waals surface area (Å²) >= 11 is 0. The van der Waals surface area contributed by atoms with E-state index in [-0.39, 0.29) is 12.0 Å². The van der Waals surface area contributed by atoms with Crippen molar-refractivity contribution in [2.45, 2.75) is 69.6 Å². The van der Waals surface area contributed by atoms with Crippen molar-refractivity contribution in [2.24, 2.45) is 4.40 Å². The standard InChI is InChI=1S/C13H26F3NO4SSi/c1-5-6-8-11(23(3,4)21-2)9-7-10-12(18)17-22(19,20)13(14,15)16/h11H,5-10H2,1-4H3,(H,17,18)/p-1. The Morgan fingerprint density at radius 2 is 1.78 bits per heavy atom. The molecule has 0 saturated carbocycles. The number of alkyl halides is 3. The van der Waals surface area contributed by atoms with Crippen molar-refractivity contribution < 1.29 is 31.1 Å². The lowest BCUT2D eigenvalue weighted by atomic mass is 10.1. The van der Waals surface area contributed by atoms with E-state index in [1.807, 2.05) is 13.1 Å². The van der Waals surface area contributed by atoms with E-state index in [0.29, 0.717) is 12.8 Å². The lowest BCUT2D eigenvalue weighted by Crippen LogP contribution is -2.35. The van der Waals surface area contributed by atoms with Crippen LogP contribution >= 0.6 is 0 Å². The van der Waals surface area contributed by atoms with Crippen LogP contribution < -0.4 is 5.11 Å². The fraction of sp³-hybridized carbons (Fsp3) is 0.923. The minimum atomic E-state index is -5.74. The molecule has 23 heavy (non-hydrogen) atoms. The molecule has 5 nitrogen and oxygen atoms in total. The van der Waals surface area contributed by atoms with Gasteiger partial charge in [-0.3, -0.25) is 0 Å². The summed E-state index contributed by atoms with van der Waals surface area (Å²) in [7, 11) is -6.03. The Labute approximate surface area is 137 Å². The Hall–Kier alpha value is -0.613. The number of hydrogen-bond donors (Lipinski definition) is 0. The van der Waals surface area contributed by atoms with E-state index in [1.54, 1.807) is 7.11 Å². The van der Waals surface area contributed by atoms with Crippen LogP contribution in [0.1, 0.15) is 45.4 Å². The summed E-state index contributed by atoms with van der Waals surface area (Å²) in [5, 5.41) is 11.4. The third-order valence-electron chi connectivity index (χ3n) is 3.87. The van der Waals surface area contributed by atoms with Gasteiger partial charge < -0.3 is 9.53 Å². The molecular formula is C13H25F3NO4SSi-. The van der Waals surface area contributed by atoms with Gasteiger partial charge in [-0.05, 0) is 37.4 Å². The first-order chi connectivity index (χ1) is 10.4.